The molecule has 1 aromatic carbocycles. The Morgan fingerprint density at radius 3 is 2.79 bits per heavy atom. The van der Waals surface area contributed by atoms with E-state index in [0.717, 1.165) is 38.8 Å². The van der Waals surface area contributed by atoms with Gasteiger partial charge >= 0.3 is 0 Å². The number of aryl methyl sites for hydroxylation is 1. The molecule has 0 amide bonds. The number of ether oxygens (including phenoxy) is 1. The van der Waals surface area contributed by atoms with E-state index >= 15 is 0 Å². The molecular weight excluding hydrogens is 234 g/mol. The summed E-state index contributed by atoms with van der Waals surface area (Å²) in [5.41, 5.74) is 2.83. The van der Waals surface area contributed by atoms with Crippen molar-refractivity contribution in [3.8, 4) is 0 Å². The van der Waals surface area contributed by atoms with E-state index in [2.05, 4.69) is 50.4 Å². The van der Waals surface area contributed by atoms with Crippen LogP contribution in [0.25, 0.3) is 0 Å². The van der Waals surface area contributed by atoms with Gasteiger partial charge in [0.05, 0.1) is 5.60 Å². The van der Waals surface area contributed by atoms with Crippen LogP contribution in [0.4, 0.5) is 0 Å². The molecule has 1 atom stereocenters. The highest BCUT2D eigenvalue weighted by molar-refractivity contribution is 5.22. The van der Waals surface area contributed by atoms with Gasteiger partial charge in [0.1, 0.15) is 0 Å². The largest absolute Gasteiger partial charge is 0.375 e. The molecule has 0 aliphatic carbocycles. The molecule has 1 aliphatic rings. The van der Waals surface area contributed by atoms with Crippen molar-refractivity contribution in [2.75, 3.05) is 6.61 Å². The van der Waals surface area contributed by atoms with Crippen molar-refractivity contribution in [1.82, 2.24) is 5.32 Å². The van der Waals surface area contributed by atoms with E-state index in [0.29, 0.717) is 6.04 Å². The van der Waals surface area contributed by atoms with Crippen molar-refractivity contribution in [2.45, 2.75) is 64.6 Å². The Bertz CT molecular complexity index is 398. The van der Waals surface area contributed by atoms with Crippen LogP contribution in [-0.2, 0) is 11.3 Å². The van der Waals surface area contributed by atoms with Crippen LogP contribution in [0.3, 0.4) is 0 Å². The van der Waals surface area contributed by atoms with Crippen LogP contribution in [0, 0.1) is 6.92 Å². The molecule has 2 heteroatoms. The fourth-order valence-corrected chi connectivity index (χ4v) is 3.03. The average molecular weight is 261 g/mol. The Labute approximate surface area is 117 Å². The Balaban J connectivity index is 1.89. The predicted octanol–water partition coefficient (Wildman–Crippen LogP) is 3.82. The Morgan fingerprint density at radius 2 is 2.11 bits per heavy atom. The fourth-order valence-electron chi connectivity index (χ4n) is 3.03. The van der Waals surface area contributed by atoms with E-state index < -0.39 is 0 Å². The molecule has 0 saturated carbocycles. The molecular formula is C17H27NO. The van der Waals surface area contributed by atoms with Gasteiger partial charge < -0.3 is 10.1 Å². The van der Waals surface area contributed by atoms with Gasteiger partial charge in [0, 0.05) is 19.2 Å². The van der Waals surface area contributed by atoms with E-state index in [4.69, 9.17) is 4.74 Å². The topological polar surface area (TPSA) is 21.3 Å². The average Bonchev–Trinajstić information content (AvgIpc) is 2.45. The van der Waals surface area contributed by atoms with Gasteiger partial charge in [-0.05, 0) is 38.2 Å². The Hall–Kier alpha value is -0.860. The highest BCUT2D eigenvalue weighted by Crippen LogP contribution is 2.31. The van der Waals surface area contributed by atoms with Gasteiger partial charge in [-0.3, -0.25) is 0 Å². The fraction of sp³-hybridized carbons (Fsp3) is 0.647. The lowest BCUT2D eigenvalue weighted by Crippen LogP contribution is -2.46. The second-order valence-corrected chi connectivity index (χ2v) is 5.80. The molecule has 1 aromatic rings. The first kappa shape index (κ1) is 14.5. The van der Waals surface area contributed by atoms with E-state index in [9.17, 15) is 0 Å². The number of hydrogen-bond acceptors (Lipinski definition) is 2. The summed E-state index contributed by atoms with van der Waals surface area (Å²) in [5, 5.41) is 3.71. The zero-order chi connectivity index (χ0) is 13.7. The van der Waals surface area contributed by atoms with Crippen molar-refractivity contribution in [3.05, 3.63) is 35.4 Å². The van der Waals surface area contributed by atoms with Crippen molar-refractivity contribution >= 4 is 0 Å². The number of rotatable bonds is 5. The third-order valence-corrected chi connectivity index (χ3v) is 4.46. The molecule has 0 bridgehead atoms. The second kappa shape index (κ2) is 6.53. The first-order chi connectivity index (χ1) is 9.17. The maximum absolute atomic E-state index is 6.03. The maximum Gasteiger partial charge on any atom is 0.0692 e. The number of benzene rings is 1. The van der Waals surface area contributed by atoms with Crippen LogP contribution < -0.4 is 5.32 Å². The summed E-state index contributed by atoms with van der Waals surface area (Å²) in [7, 11) is 0. The van der Waals surface area contributed by atoms with E-state index in [-0.39, 0.29) is 5.60 Å². The zero-order valence-corrected chi connectivity index (χ0v) is 12.5. The molecule has 0 radical (unpaired) electrons. The summed E-state index contributed by atoms with van der Waals surface area (Å²) in [4.78, 5) is 0. The quantitative estimate of drug-likeness (QED) is 0.870. The maximum atomic E-state index is 6.03. The highest BCUT2D eigenvalue weighted by atomic mass is 16.5. The molecule has 19 heavy (non-hydrogen) atoms. The molecule has 106 valence electrons. The van der Waals surface area contributed by atoms with Gasteiger partial charge in [0.15, 0.2) is 0 Å². The van der Waals surface area contributed by atoms with Crippen molar-refractivity contribution < 1.29 is 4.74 Å². The molecule has 1 fully saturated rings. The number of hydrogen-bond donors (Lipinski definition) is 1. The van der Waals surface area contributed by atoms with Crippen LogP contribution in [-0.4, -0.2) is 18.2 Å². The SMILES string of the molecule is CCC1(CC)CC(NCc2cccc(C)c2)CCO1. The summed E-state index contributed by atoms with van der Waals surface area (Å²) in [5.74, 6) is 0. The third-order valence-electron chi connectivity index (χ3n) is 4.46. The highest BCUT2D eigenvalue weighted by Gasteiger charge is 2.34. The lowest BCUT2D eigenvalue weighted by atomic mass is 9.86. The van der Waals surface area contributed by atoms with Crippen LogP contribution in [0.1, 0.15) is 50.7 Å². The van der Waals surface area contributed by atoms with Crippen LogP contribution in [0.5, 0.6) is 0 Å². The minimum absolute atomic E-state index is 0.114. The summed E-state index contributed by atoms with van der Waals surface area (Å²) < 4.78 is 6.03. The van der Waals surface area contributed by atoms with Gasteiger partial charge in [-0.25, -0.2) is 0 Å². The van der Waals surface area contributed by atoms with Gasteiger partial charge in [0.2, 0.25) is 0 Å². The molecule has 0 aromatic heterocycles. The minimum Gasteiger partial charge on any atom is -0.375 e. The molecule has 1 saturated heterocycles. The lowest BCUT2D eigenvalue weighted by molar-refractivity contribution is -0.0932. The summed E-state index contributed by atoms with van der Waals surface area (Å²) in [6, 6.07) is 9.34. The predicted molar refractivity (Wildman–Crippen MR) is 80.3 cm³/mol. The first-order valence-electron chi connectivity index (χ1n) is 7.60. The van der Waals surface area contributed by atoms with Crippen LogP contribution in [0.2, 0.25) is 0 Å². The second-order valence-electron chi connectivity index (χ2n) is 5.80. The van der Waals surface area contributed by atoms with Gasteiger partial charge in [-0.15, -0.1) is 0 Å². The Kier molecular flexibility index (Phi) is 5.00. The van der Waals surface area contributed by atoms with Crippen molar-refractivity contribution in [2.24, 2.45) is 0 Å². The normalized spacial score (nSPS) is 22.4. The van der Waals surface area contributed by atoms with E-state index in [1.54, 1.807) is 0 Å². The van der Waals surface area contributed by atoms with Crippen molar-refractivity contribution in [1.29, 1.82) is 0 Å². The van der Waals surface area contributed by atoms with Crippen molar-refractivity contribution in [3.63, 3.8) is 0 Å². The standard InChI is InChI=1S/C17H27NO/c1-4-17(5-2)12-16(9-10-19-17)18-13-15-8-6-7-14(3)11-15/h6-8,11,16,18H,4-5,9-10,12-13H2,1-3H3. The molecule has 0 spiro atoms. The number of nitrogens with one attached hydrogen (secondary N) is 1. The summed E-state index contributed by atoms with van der Waals surface area (Å²) in [6.07, 6.45) is 4.51. The molecule has 1 unspecified atom stereocenters. The summed E-state index contributed by atoms with van der Waals surface area (Å²) in [6.45, 7) is 8.50. The van der Waals surface area contributed by atoms with E-state index in [1.165, 1.54) is 11.1 Å². The minimum atomic E-state index is 0.114. The molecule has 2 nitrogen and oxygen atoms in total. The molecule has 1 N–H and O–H groups in total. The summed E-state index contributed by atoms with van der Waals surface area (Å²) >= 11 is 0. The van der Waals surface area contributed by atoms with Crippen LogP contribution >= 0.6 is 0 Å². The lowest BCUT2D eigenvalue weighted by Gasteiger charge is -2.40. The van der Waals surface area contributed by atoms with Gasteiger partial charge in [0.25, 0.3) is 0 Å². The Morgan fingerprint density at radius 1 is 1.32 bits per heavy atom. The zero-order valence-electron chi connectivity index (χ0n) is 12.5. The molecule has 2 rings (SSSR count). The van der Waals surface area contributed by atoms with Crippen LogP contribution in [0.15, 0.2) is 24.3 Å². The molecule has 1 heterocycles. The smallest absolute Gasteiger partial charge is 0.0692 e. The van der Waals surface area contributed by atoms with E-state index in [1.807, 2.05) is 0 Å². The van der Waals surface area contributed by atoms with Gasteiger partial charge in [-0.2, -0.15) is 0 Å². The first-order valence-corrected chi connectivity index (χ1v) is 7.60. The van der Waals surface area contributed by atoms with Gasteiger partial charge in [-0.1, -0.05) is 43.7 Å². The third kappa shape index (κ3) is 3.80. The molecule has 1 aliphatic heterocycles. The monoisotopic (exact) mass is 261 g/mol.